The van der Waals surface area contributed by atoms with Crippen LogP contribution in [0, 0.1) is 12.7 Å². The van der Waals surface area contributed by atoms with Crippen molar-refractivity contribution in [1.29, 1.82) is 0 Å². The van der Waals surface area contributed by atoms with E-state index in [4.69, 9.17) is 0 Å². The first-order valence-corrected chi connectivity index (χ1v) is 7.72. The topological polar surface area (TPSA) is 12.0 Å². The molecule has 2 aromatic rings. The Labute approximate surface area is 126 Å². The van der Waals surface area contributed by atoms with Crippen molar-refractivity contribution in [3.8, 4) is 0 Å². The Balaban J connectivity index is 1.68. The van der Waals surface area contributed by atoms with Gasteiger partial charge in [-0.3, -0.25) is 0 Å². The third-order valence-electron chi connectivity index (χ3n) is 4.53. The average molecular weight is 283 g/mol. The molecule has 21 heavy (non-hydrogen) atoms. The molecule has 2 aromatic carbocycles. The predicted octanol–water partition coefficient (Wildman–Crippen LogP) is 4.34. The van der Waals surface area contributed by atoms with E-state index >= 15 is 0 Å². The van der Waals surface area contributed by atoms with Crippen LogP contribution in [-0.2, 0) is 12.8 Å². The summed E-state index contributed by atoms with van der Waals surface area (Å²) in [6.07, 6.45) is 3.34. The maximum absolute atomic E-state index is 13.7. The number of hydrogen-bond donors (Lipinski definition) is 1. The standard InChI is InChI=1S/C19H22FN/c1-13-7-8-16(12-19(13)20)14(2)21-18-10-9-15-5-3-4-6-17(15)11-18/h3-8,12,14,18,21H,9-11H2,1-2H3. The Kier molecular flexibility index (Phi) is 4.07. The maximum atomic E-state index is 13.7. The Morgan fingerprint density at radius 2 is 1.90 bits per heavy atom. The monoisotopic (exact) mass is 283 g/mol. The molecule has 110 valence electrons. The first-order valence-electron chi connectivity index (χ1n) is 7.72. The quantitative estimate of drug-likeness (QED) is 0.883. The molecule has 0 amide bonds. The minimum absolute atomic E-state index is 0.116. The van der Waals surface area contributed by atoms with Crippen LogP contribution < -0.4 is 5.32 Å². The largest absolute Gasteiger partial charge is 0.307 e. The highest BCUT2D eigenvalue weighted by Crippen LogP contribution is 2.24. The van der Waals surface area contributed by atoms with Gasteiger partial charge in [0.05, 0.1) is 0 Å². The summed E-state index contributed by atoms with van der Waals surface area (Å²) in [7, 11) is 0. The molecule has 0 heterocycles. The van der Waals surface area contributed by atoms with E-state index in [-0.39, 0.29) is 11.9 Å². The van der Waals surface area contributed by atoms with Crippen LogP contribution in [0.4, 0.5) is 4.39 Å². The second-order valence-electron chi connectivity index (χ2n) is 6.11. The second kappa shape index (κ2) is 5.98. The van der Waals surface area contributed by atoms with E-state index in [9.17, 15) is 4.39 Å². The summed E-state index contributed by atoms with van der Waals surface area (Å²) < 4.78 is 13.7. The van der Waals surface area contributed by atoms with Crippen LogP contribution in [0.3, 0.4) is 0 Å². The number of benzene rings is 2. The Bertz CT molecular complexity index is 635. The molecule has 1 N–H and O–H groups in total. The molecular formula is C19H22FN. The molecule has 0 fully saturated rings. The van der Waals surface area contributed by atoms with E-state index in [1.54, 1.807) is 13.0 Å². The summed E-state index contributed by atoms with van der Waals surface area (Å²) in [4.78, 5) is 0. The van der Waals surface area contributed by atoms with Gasteiger partial charge in [0.25, 0.3) is 0 Å². The SMILES string of the molecule is Cc1ccc(C(C)NC2CCc3ccccc3C2)cc1F. The highest BCUT2D eigenvalue weighted by Gasteiger charge is 2.20. The lowest BCUT2D eigenvalue weighted by Crippen LogP contribution is -2.36. The molecule has 1 nitrogen and oxygen atoms in total. The average Bonchev–Trinajstić information content (AvgIpc) is 2.50. The van der Waals surface area contributed by atoms with Crippen molar-refractivity contribution < 1.29 is 4.39 Å². The number of nitrogens with one attached hydrogen (secondary N) is 1. The highest BCUT2D eigenvalue weighted by molar-refractivity contribution is 5.31. The normalized spacial score (nSPS) is 19.1. The van der Waals surface area contributed by atoms with Gasteiger partial charge in [-0.2, -0.15) is 0 Å². The smallest absolute Gasteiger partial charge is 0.126 e. The summed E-state index contributed by atoms with van der Waals surface area (Å²) in [5, 5.41) is 3.66. The molecule has 2 unspecified atom stereocenters. The van der Waals surface area contributed by atoms with E-state index in [0.717, 1.165) is 24.8 Å². The maximum Gasteiger partial charge on any atom is 0.126 e. The molecule has 0 aromatic heterocycles. The summed E-state index contributed by atoms with van der Waals surface area (Å²) in [6.45, 7) is 3.92. The van der Waals surface area contributed by atoms with Crippen LogP contribution in [-0.4, -0.2) is 6.04 Å². The minimum Gasteiger partial charge on any atom is -0.307 e. The molecule has 2 heteroatoms. The van der Waals surface area contributed by atoms with Crippen molar-refractivity contribution in [2.75, 3.05) is 0 Å². The molecule has 0 aliphatic heterocycles. The van der Waals surface area contributed by atoms with Gasteiger partial charge in [-0.1, -0.05) is 36.4 Å². The van der Waals surface area contributed by atoms with Crippen LogP contribution in [0.5, 0.6) is 0 Å². The Morgan fingerprint density at radius 1 is 1.14 bits per heavy atom. The van der Waals surface area contributed by atoms with Crippen molar-refractivity contribution in [2.24, 2.45) is 0 Å². The number of aryl methyl sites for hydroxylation is 2. The number of halogens is 1. The summed E-state index contributed by atoms with van der Waals surface area (Å²) in [5.41, 5.74) is 4.66. The fourth-order valence-corrected chi connectivity index (χ4v) is 3.17. The van der Waals surface area contributed by atoms with Gasteiger partial charge in [0.2, 0.25) is 0 Å². The molecule has 1 aliphatic rings. The van der Waals surface area contributed by atoms with Gasteiger partial charge in [0.15, 0.2) is 0 Å². The van der Waals surface area contributed by atoms with Crippen LogP contribution in [0.2, 0.25) is 0 Å². The van der Waals surface area contributed by atoms with E-state index in [1.807, 2.05) is 12.1 Å². The summed E-state index contributed by atoms with van der Waals surface area (Å²) >= 11 is 0. The zero-order valence-corrected chi connectivity index (χ0v) is 12.7. The van der Waals surface area contributed by atoms with Crippen molar-refractivity contribution in [2.45, 2.75) is 45.2 Å². The molecule has 3 rings (SSSR count). The lowest BCUT2D eigenvalue weighted by Gasteiger charge is -2.28. The van der Waals surface area contributed by atoms with E-state index < -0.39 is 0 Å². The van der Waals surface area contributed by atoms with E-state index in [1.165, 1.54) is 11.1 Å². The molecule has 0 bridgehead atoms. The van der Waals surface area contributed by atoms with E-state index in [0.29, 0.717) is 11.6 Å². The van der Waals surface area contributed by atoms with Gasteiger partial charge in [0, 0.05) is 12.1 Å². The van der Waals surface area contributed by atoms with Crippen LogP contribution in [0.1, 0.15) is 41.6 Å². The van der Waals surface area contributed by atoms with Gasteiger partial charge in [0.1, 0.15) is 5.82 Å². The van der Waals surface area contributed by atoms with E-state index in [2.05, 4.69) is 36.5 Å². The van der Waals surface area contributed by atoms with Crippen LogP contribution in [0.25, 0.3) is 0 Å². The Morgan fingerprint density at radius 3 is 2.67 bits per heavy atom. The fraction of sp³-hybridized carbons (Fsp3) is 0.368. The zero-order chi connectivity index (χ0) is 14.8. The zero-order valence-electron chi connectivity index (χ0n) is 12.7. The van der Waals surface area contributed by atoms with Crippen molar-refractivity contribution in [3.63, 3.8) is 0 Å². The Hall–Kier alpha value is -1.67. The summed E-state index contributed by atoms with van der Waals surface area (Å²) in [6, 6.07) is 14.9. The first kappa shape index (κ1) is 14.3. The highest BCUT2D eigenvalue weighted by atomic mass is 19.1. The van der Waals surface area contributed by atoms with Gasteiger partial charge in [-0.15, -0.1) is 0 Å². The molecule has 2 atom stereocenters. The predicted molar refractivity (Wildman–Crippen MR) is 84.9 cm³/mol. The number of rotatable bonds is 3. The first-order chi connectivity index (χ1) is 10.1. The number of hydrogen-bond acceptors (Lipinski definition) is 1. The molecular weight excluding hydrogens is 261 g/mol. The number of fused-ring (bicyclic) bond motifs is 1. The van der Waals surface area contributed by atoms with Crippen LogP contribution >= 0.6 is 0 Å². The lowest BCUT2D eigenvalue weighted by atomic mass is 9.88. The van der Waals surface area contributed by atoms with Crippen molar-refractivity contribution in [3.05, 3.63) is 70.5 Å². The molecule has 0 saturated carbocycles. The fourth-order valence-electron chi connectivity index (χ4n) is 3.17. The molecule has 0 saturated heterocycles. The van der Waals surface area contributed by atoms with Crippen LogP contribution in [0.15, 0.2) is 42.5 Å². The summed E-state index contributed by atoms with van der Waals surface area (Å²) in [5.74, 6) is -0.116. The minimum atomic E-state index is -0.116. The van der Waals surface area contributed by atoms with Crippen molar-refractivity contribution >= 4 is 0 Å². The van der Waals surface area contributed by atoms with Gasteiger partial charge in [-0.05, 0) is 61.4 Å². The van der Waals surface area contributed by atoms with Gasteiger partial charge >= 0.3 is 0 Å². The molecule has 1 aliphatic carbocycles. The van der Waals surface area contributed by atoms with Gasteiger partial charge in [-0.25, -0.2) is 4.39 Å². The third-order valence-corrected chi connectivity index (χ3v) is 4.53. The third kappa shape index (κ3) is 3.16. The van der Waals surface area contributed by atoms with Crippen molar-refractivity contribution in [1.82, 2.24) is 5.32 Å². The molecule has 0 spiro atoms. The molecule has 0 radical (unpaired) electrons. The second-order valence-corrected chi connectivity index (χ2v) is 6.11. The lowest BCUT2D eigenvalue weighted by molar-refractivity contribution is 0.413. The van der Waals surface area contributed by atoms with Gasteiger partial charge < -0.3 is 5.32 Å².